The summed E-state index contributed by atoms with van der Waals surface area (Å²) in [5, 5.41) is 4.66. The number of benzene rings is 1. The van der Waals surface area contributed by atoms with E-state index in [-0.39, 0.29) is 0 Å². The van der Waals surface area contributed by atoms with Gasteiger partial charge in [0.05, 0.1) is 5.69 Å². The molecule has 0 saturated carbocycles. The molecule has 2 aromatic rings. The van der Waals surface area contributed by atoms with Crippen molar-refractivity contribution in [2.24, 2.45) is 5.73 Å². The molecule has 18 heavy (non-hydrogen) atoms. The van der Waals surface area contributed by atoms with Crippen LogP contribution in [0.15, 0.2) is 40.9 Å². The molecule has 0 aliphatic heterocycles. The van der Waals surface area contributed by atoms with Gasteiger partial charge in [0.25, 0.3) is 0 Å². The second kappa shape index (κ2) is 6.61. The van der Waals surface area contributed by atoms with Gasteiger partial charge in [0.1, 0.15) is 0 Å². The van der Waals surface area contributed by atoms with Crippen molar-refractivity contribution in [1.29, 1.82) is 0 Å². The number of rotatable bonds is 6. The van der Waals surface area contributed by atoms with Crippen molar-refractivity contribution in [3.05, 3.63) is 42.1 Å². The minimum absolute atomic E-state index is 0.562. The van der Waals surface area contributed by atoms with E-state index in [0.29, 0.717) is 5.25 Å². The summed E-state index contributed by atoms with van der Waals surface area (Å²) in [4.78, 5) is 0. The van der Waals surface area contributed by atoms with Gasteiger partial charge in [-0.3, -0.25) is 0 Å². The molecule has 0 spiro atoms. The van der Waals surface area contributed by atoms with Crippen molar-refractivity contribution in [2.75, 3.05) is 6.54 Å². The zero-order valence-electron chi connectivity index (χ0n) is 10.5. The van der Waals surface area contributed by atoms with Crippen molar-refractivity contribution >= 4 is 11.8 Å². The van der Waals surface area contributed by atoms with Crippen LogP contribution >= 0.6 is 11.8 Å². The first-order valence-electron chi connectivity index (χ1n) is 6.12. The highest BCUT2D eigenvalue weighted by Gasteiger charge is 2.08. The van der Waals surface area contributed by atoms with E-state index in [0.717, 1.165) is 35.7 Å². The van der Waals surface area contributed by atoms with Gasteiger partial charge in [0, 0.05) is 22.6 Å². The van der Waals surface area contributed by atoms with Gasteiger partial charge >= 0.3 is 0 Å². The van der Waals surface area contributed by atoms with E-state index in [4.69, 9.17) is 10.3 Å². The molecule has 0 aliphatic rings. The van der Waals surface area contributed by atoms with Crippen molar-refractivity contribution in [1.82, 2.24) is 5.16 Å². The maximum atomic E-state index is 5.53. The van der Waals surface area contributed by atoms with Crippen molar-refractivity contribution in [3.8, 4) is 11.3 Å². The van der Waals surface area contributed by atoms with E-state index < -0.39 is 0 Å². The maximum absolute atomic E-state index is 5.53. The highest BCUT2D eigenvalue weighted by atomic mass is 32.2. The number of nitrogens with zero attached hydrogens (tertiary/aromatic N) is 1. The van der Waals surface area contributed by atoms with E-state index in [1.165, 1.54) is 0 Å². The third kappa shape index (κ3) is 3.62. The molecule has 2 N–H and O–H groups in total. The second-order valence-electron chi connectivity index (χ2n) is 4.25. The Balaban J connectivity index is 1.95. The molecule has 0 aliphatic carbocycles. The highest BCUT2D eigenvalue weighted by Crippen LogP contribution is 2.24. The standard InChI is InChI=1S/C14H18N2OS/c1-11(7-8-15)18-10-13-9-14(17-16-13)12-5-3-2-4-6-12/h2-6,9,11H,7-8,10,15H2,1H3. The Kier molecular flexibility index (Phi) is 4.84. The van der Waals surface area contributed by atoms with Crippen LogP contribution in [0, 0.1) is 0 Å². The molecule has 3 nitrogen and oxygen atoms in total. The normalized spacial score (nSPS) is 12.6. The van der Waals surface area contributed by atoms with E-state index in [9.17, 15) is 0 Å². The van der Waals surface area contributed by atoms with Crippen LogP contribution in [-0.4, -0.2) is 17.0 Å². The summed E-state index contributed by atoms with van der Waals surface area (Å²) >= 11 is 1.86. The average molecular weight is 262 g/mol. The molecule has 0 fully saturated rings. The first kappa shape index (κ1) is 13.2. The van der Waals surface area contributed by atoms with Crippen LogP contribution in [0.5, 0.6) is 0 Å². The predicted molar refractivity (Wildman–Crippen MR) is 76.4 cm³/mol. The summed E-state index contributed by atoms with van der Waals surface area (Å²) in [6.07, 6.45) is 1.04. The van der Waals surface area contributed by atoms with E-state index in [2.05, 4.69) is 12.1 Å². The number of aromatic nitrogens is 1. The van der Waals surface area contributed by atoms with Crippen LogP contribution in [0.2, 0.25) is 0 Å². The quantitative estimate of drug-likeness (QED) is 0.867. The van der Waals surface area contributed by atoms with Gasteiger partial charge in [-0.15, -0.1) is 0 Å². The third-order valence-electron chi connectivity index (χ3n) is 2.71. The molecule has 4 heteroatoms. The Morgan fingerprint density at radius 3 is 2.83 bits per heavy atom. The summed E-state index contributed by atoms with van der Waals surface area (Å²) in [5.74, 6) is 1.70. The molecule has 0 amide bonds. The van der Waals surface area contributed by atoms with E-state index >= 15 is 0 Å². The summed E-state index contributed by atoms with van der Waals surface area (Å²) < 4.78 is 5.35. The first-order valence-corrected chi connectivity index (χ1v) is 7.17. The topological polar surface area (TPSA) is 52.0 Å². The summed E-state index contributed by atoms with van der Waals surface area (Å²) in [6, 6.07) is 12.0. The molecule has 0 bridgehead atoms. The maximum Gasteiger partial charge on any atom is 0.167 e. The number of hydrogen-bond donors (Lipinski definition) is 1. The first-order chi connectivity index (χ1) is 8.79. The van der Waals surface area contributed by atoms with Gasteiger partial charge in [-0.1, -0.05) is 42.4 Å². The number of hydrogen-bond acceptors (Lipinski definition) is 4. The third-order valence-corrected chi connectivity index (χ3v) is 3.97. The molecule has 96 valence electrons. The average Bonchev–Trinajstić information content (AvgIpc) is 2.87. The lowest BCUT2D eigenvalue weighted by atomic mass is 10.2. The zero-order valence-corrected chi connectivity index (χ0v) is 11.3. The molecule has 1 aromatic carbocycles. The zero-order chi connectivity index (χ0) is 12.8. The minimum atomic E-state index is 0.562. The lowest BCUT2D eigenvalue weighted by Crippen LogP contribution is -2.07. The lowest BCUT2D eigenvalue weighted by Gasteiger charge is -2.06. The molecule has 1 aromatic heterocycles. The van der Waals surface area contributed by atoms with Crippen LogP contribution in [0.1, 0.15) is 19.0 Å². The minimum Gasteiger partial charge on any atom is -0.356 e. The second-order valence-corrected chi connectivity index (χ2v) is 5.67. The molecule has 1 heterocycles. The van der Waals surface area contributed by atoms with Crippen molar-refractivity contribution < 1.29 is 4.52 Å². The van der Waals surface area contributed by atoms with Crippen LogP contribution < -0.4 is 5.73 Å². The molecule has 2 rings (SSSR count). The molecular weight excluding hydrogens is 244 g/mol. The van der Waals surface area contributed by atoms with Crippen LogP contribution in [-0.2, 0) is 5.75 Å². The monoisotopic (exact) mass is 262 g/mol. The Morgan fingerprint density at radius 2 is 2.11 bits per heavy atom. The Hall–Kier alpha value is -1.26. The van der Waals surface area contributed by atoms with Crippen LogP contribution in [0.4, 0.5) is 0 Å². The predicted octanol–water partition coefficient (Wildman–Crippen LogP) is 3.31. The lowest BCUT2D eigenvalue weighted by molar-refractivity contribution is 0.426. The van der Waals surface area contributed by atoms with Gasteiger partial charge in [0.2, 0.25) is 0 Å². The summed E-state index contributed by atoms with van der Waals surface area (Å²) in [7, 11) is 0. The van der Waals surface area contributed by atoms with Gasteiger partial charge in [-0.2, -0.15) is 11.8 Å². The van der Waals surface area contributed by atoms with Gasteiger partial charge < -0.3 is 10.3 Å². The number of thioether (sulfide) groups is 1. The summed E-state index contributed by atoms with van der Waals surface area (Å²) in [6.45, 7) is 2.93. The van der Waals surface area contributed by atoms with Gasteiger partial charge in [0.15, 0.2) is 5.76 Å². The van der Waals surface area contributed by atoms with E-state index in [1.807, 2.05) is 48.2 Å². The summed E-state index contributed by atoms with van der Waals surface area (Å²) in [5.41, 5.74) is 7.59. The largest absolute Gasteiger partial charge is 0.356 e. The number of nitrogens with two attached hydrogens (primary N) is 1. The Morgan fingerprint density at radius 1 is 1.33 bits per heavy atom. The Bertz CT molecular complexity index is 470. The fourth-order valence-corrected chi connectivity index (χ4v) is 2.56. The van der Waals surface area contributed by atoms with Crippen LogP contribution in [0.3, 0.4) is 0 Å². The van der Waals surface area contributed by atoms with E-state index in [1.54, 1.807) is 0 Å². The van der Waals surface area contributed by atoms with Gasteiger partial charge in [-0.05, 0) is 13.0 Å². The fourth-order valence-electron chi connectivity index (χ4n) is 1.66. The van der Waals surface area contributed by atoms with Crippen molar-refractivity contribution in [3.63, 3.8) is 0 Å². The molecular formula is C14H18N2OS. The van der Waals surface area contributed by atoms with Crippen LogP contribution in [0.25, 0.3) is 11.3 Å². The van der Waals surface area contributed by atoms with Crippen molar-refractivity contribution in [2.45, 2.75) is 24.3 Å². The van der Waals surface area contributed by atoms with Gasteiger partial charge in [-0.25, -0.2) is 0 Å². The molecule has 1 atom stereocenters. The molecule has 1 unspecified atom stereocenters. The SMILES string of the molecule is CC(CCN)SCc1cc(-c2ccccc2)on1. The highest BCUT2D eigenvalue weighted by molar-refractivity contribution is 7.99. The fraction of sp³-hybridized carbons (Fsp3) is 0.357. The molecule has 0 saturated heterocycles. The smallest absolute Gasteiger partial charge is 0.167 e. The molecule has 0 radical (unpaired) electrons. The Labute approximate surface area is 112 Å².